The third-order valence-corrected chi connectivity index (χ3v) is 4.28. The Hall–Kier alpha value is -3.15. The molecule has 0 saturated heterocycles. The van der Waals surface area contributed by atoms with E-state index in [1.54, 1.807) is 6.20 Å². The number of ether oxygens (including phenoxy) is 1. The molecule has 0 aromatic carbocycles. The van der Waals surface area contributed by atoms with Gasteiger partial charge in [0.25, 0.3) is 5.91 Å². The molecule has 0 bridgehead atoms. The number of aromatic nitrogens is 3. The van der Waals surface area contributed by atoms with Crippen LogP contribution in [0.15, 0.2) is 37.0 Å². The van der Waals surface area contributed by atoms with Crippen LogP contribution in [0.2, 0.25) is 0 Å². The van der Waals surface area contributed by atoms with Gasteiger partial charge in [-0.1, -0.05) is 6.58 Å². The molecule has 1 aliphatic rings. The highest BCUT2D eigenvalue weighted by Crippen LogP contribution is 2.29. The zero-order chi connectivity index (χ0) is 17.4. The Balaban J connectivity index is 1.85. The number of nitrogens with one attached hydrogen (secondary N) is 2. The standard InChI is InChI=1S/C19H18N4O2/c1-3-25-11(2)14-4-5-16-18(23-14)12(6-8-20-16)17-10-13-15(22-17)7-9-21-19(13)24/h4-6,8,10,22H,2-3,7,9H2,1H3,(H,21,24). The number of carbonyl (C=O) groups excluding carboxylic acids is 1. The maximum absolute atomic E-state index is 12.0. The van der Waals surface area contributed by atoms with Gasteiger partial charge in [0.2, 0.25) is 0 Å². The quantitative estimate of drug-likeness (QED) is 0.719. The minimum absolute atomic E-state index is 0.0412. The lowest BCUT2D eigenvalue weighted by Gasteiger charge is -2.11. The first-order valence-corrected chi connectivity index (χ1v) is 8.25. The van der Waals surface area contributed by atoms with Crippen molar-refractivity contribution in [2.45, 2.75) is 13.3 Å². The molecule has 4 heterocycles. The van der Waals surface area contributed by atoms with E-state index >= 15 is 0 Å². The van der Waals surface area contributed by atoms with Crippen LogP contribution in [0.4, 0.5) is 0 Å². The molecule has 0 atom stereocenters. The van der Waals surface area contributed by atoms with Crippen molar-refractivity contribution in [3.8, 4) is 11.3 Å². The van der Waals surface area contributed by atoms with Crippen LogP contribution < -0.4 is 5.32 Å². The Morgan fingerprint density at radius 1 is 1.32 bits per heavy atom. The maximum atomic E-state index is 12.0. The summed E-state index contributed by atoms with van der Waals surface area (Å²) in [6.45, 7) is 7.02. The Kier molecular flexibility index (Phi) is 3.72. The number of hydrogen-bond acceptors (Lipinski definition) is 4. The molecule has 3 aromatic rings. The molecule has 6 nitrogen and oxygen atoms in total. The van der Waals surface area contributed by atoms with Crippen LogP contribution in [-0.2, 0) is 11.2 Å². The number of carbonyl (C=O) groups is 1. The van der Waals surface area contributed by atoms with Crippen molar-refractivity contribution in [3.05, 3.63) is 54.0 Å². The van der Waals surface area contributed by atoms with Gasteiger partial charge in [-0.15, -0.1) is 0 Å². The van der Waals surface area contributed by atoms with Gasteiger partial charge in [-0.25, -0.2) is 4.98 Å². The number of amides is 1. The summed E-state index contributed by atoms with van der Waals surface area (Å²) in [6, 6.07) is 7.53. The third-order valence-electron chi connectivity index (χ3n) is 4.28. The molecule has 0 saturated carbocycles. The maximum Gasteiger partial charge on any atom is 0.253 e. The van der Waals surface area contributed by atoms with E-state index in [4.69, 9.17) is 4.74 Å². The summed E-state index contributed by atoms with van der Waals surface area (Å²) in [5.74, 6) is 0.491. The largest absolute Gasteiger partial charge is 0.492 e. The van der Waals surface area contributed by atoms with E-state index in [1.165, 1.54) is 0 Å². The van der Waals surface area contributed by atoms with Gasteiger partial charge < -0.3 is 15.0 Å². The van der Waals surface area contributed by atoms with Gasteiger partial charge in [0, 0.05) is 36.1 Å². The van der Waals surface area contributed by atoms with Gasteiger partial charge in [-0.3, -0.25) is 9.78 Å². The van der Waals surface area contributed by atoms with E-state index in [0.29, 0.717) is 30.2 Å². The number of aromatic amines is 1. The van der Waals surface area contributed by atoms with Gasteiger partial charge >= 0.3 is 0 Å². The Morgan fingerprint density at radius 3 is 3.00 bits per heavy atom. The van der Waals surface area contributed by atoms with Crippen molar-refractivity contribution >= 4 is 22.7 Å². The molecule has 3 aromatic heterocycles. The van der Waals surface area contributed by atoms with E-state index in [9.17, 15) is 4.79 Å². The molecule has 4 rings (SSSR count). The van der Waals surface area contributed by atoms with Crippen molar-refractivity contribution < 1.29 is 9.53 Å². The SMILES string of the molecule is C=C(OCC)c1ccc2nccc(-c3cc4c([nH]3)CCNC4=O)c2n1. The third kappa shape index (κ3) is 2.65. The molecule has 0 spiro atoms. The van der Waals surface area contributed by atoms with E-state index in [-0.39, 0.29) is 5.91 Å². The Labute approximate surface area is 145 Å². The Morgan fingerprint density at radius 2 is 2.20 bits per heavy atom. The molecule has 0 radical (unpaired) electrons. The molecular weight excluding hydrogens is 316 g/mol. The first-order valence-electron chi connectivity index (χ1n) is 8.25. The van der Waals surface area contributed by atoms with Crippen LogP contribution in [-0.4, -0.2) is 34.0 Å². The predicted octanol–water partition coefficient (Wildman–Crippen LogP) is 2.92. The van der Waals surface area contributed by atoms with Gasteiger partial charge in [0.1, 0.15) is 11.5 Å². The fourth-order valence-electron chi connectivity index (χ4n) is 3.08. The average Bonchev–Trinajstić information content (AvgIpc) is 3.06. The number of pyridine rings is 2. The van der Waals surface area contributed by atoms with Crippen LogP contribution in [0, 0.1) is 0 Å². The molecule has 1 amide bonds. The fraction of sp³-hybridized carbons (Fsp3) is 0.211. The molecule has 0 fully saturated rings. The lowest BCUT2D eigenvalue weighted by atomic mass is 10.1. The van der Waals surface area contributed by atoms with Crippen LogP contribution in [0.25, 0.3) is 28.0 Å². The molecule has 25 heavy (non-hydrogen) atoms. The lowest BCUT2D eigenvalue weighted by Crippen LogP contribution is -2.31. The fourth-order valence-corrected chi connectivity index (χ4v) is 3.08. The second-order valence-corrected chi connectivity index (χ2v) is 5.86. The summed E-state index contributed by atoms with van der Waals surface area (Å²) in [5.41, 5.74) is 5.62. The summed E-state index contributed by atoms with van der Waals surface area (Å²) < 4.78 is 5.46. The minimum Gasteiger partial charge on any atom is -0.492 e. The summed E-state index contributed by atoms with van der Waals surface area (Å²) in [5, 5.41) is 2.86. The minimum atomic E-state index is -0.0412. The summed E-state index contributed by atoms with van der Waals surface area (Å²) in [4.78, 5) is 24.5. The number of hydrogen-bond donors (Lipinski definition) is 2. The number of rotatable bonds is 4. The van der Waals surface area contributed by atoms with E-state index < -0.39 is 0 Å². The van der Waals surface area contributed by atoms with Crippen molar-refractivity contribution in [3.63, 3.8) is 0 Å². The predicted molar refractivity (Wildman–Crippen MR) is 96.0 cm³/mol. The van der Waals surface area contributed by atoms with Crippen molar-refractivity contribution in [2.75, 3.05) is 13.2 Å². The van der Waals surface area contributed by atoms with Crippen molar-refractivity contribution in [1.82, 2.24) is 20.3 Å². The highest BCUT2D eigenvalue weighted by atomic mass is 16.5. The molecule has 1 aliphatic heterocycles. The monoisotopic (exact) mass is 334 g/mol. The first-order chi connectivity index (χ1) is 12.2. The van der Waals surface area contributed by atoms with Crippen molar-refractivity contribution in [2.24, 2.45) is 0 Å². The van der Waals surface area contributed by atoms with Crippen LogP contribution in [0.1, 0.15) is 28.7 Å². The van der Waals surface area contributed by atoms with Crippen molar-refractivity contribution in [1.29, 1.82) is 0 Å². The molecular formula is C19H18N4O2. The zero-order valence-electron chi connectivity index (χ0n) is 13.9. The summed E-state index contributed by atoms with van der Waals surface area (Å²) >= 11 is 0. The number of H-pyrrole nitrogens is 1. The van der Waals surface area contributed by atoms with Gasteiger partial charge in [-0.05, 0) is 31.2 Å². The lowest BCUT2D eigenvalue weighted by molar-refractivity contribution is 0.0946. The molecule has 0 aliphatic carbocycles. The smallest absolute Gasteiger partial charge is 0.253 e. The Bertz CT molecular complexity index is 990. The van der Waals surface area contributed by atoms with Crippen LogP contribution in [0.3, 0.4) is 0 Å². The van der Waals surface area contributed by atoms with E-state index in [1.807, 2.05) is 31.2 Å². The number of nitrogens with zero attached hydrogens (tertiary/aromatic N) is 2. The zero-order valence-corrected chi connectivity index (χ0v) is 13.9. The summed E-state index contributed by atoms with van der Waals surface area (Å²) in [7, 11) is 0. The molecule has 0 unspecified atom stereocenters. The molecule has 2 N–H and O–H groups in total. The molecule has 126 valence electrons. The topological polar surface area (TPSA) is 79.9 Å². The highest BCUT2D eigenvalue weighted by Gasteiger charge is 2.21. The second kappa shape index (κ2) is 6.05. The van der Waals surface area contributed by atoms with Gasteiger partial charge in [0.15, 0.2) is 0 Å². The first kappa shape index (κ1) is 15.4. The number of fused-ring (bicyclic) bond motifs is 2. The molecule has 6 heteroatoms. The second-order valence-electron chi connectivity index (χ2n) is 5.86. The van der Waals surface area contributed by atoms with E-state index in [0.717, 1.165) is 34.4 Å². The van der Waals surface area contributed by atoms with Gasteiger partial charge in [-0.2, -0.15) is 0 Å². The summed E-state index contributed by atoms with van der Waals surface area (Å²) in [6.07, 6.45) is 2.54. The highest BCUT2D eigenvalue weighted by molar-refractivity contribution is 5.99. The average molecular weight is 334 g/mol. The van der Waals surface area contributed by atoms with Gasteiger partial charge in [0.05, 0.1) is 23.2 Å². The normalized spacial score (nSPS) is 13.4. The van der Waals surface area contributed by atoms with Crippen LogP contribution >= 0.6 is 0 Å². The van der Waals surface area contributed by atoms with Crippen LogP contribution in [0.5, 0.6) is 0 Å². The van der Waals surface area contributed by atoms with E-state index in [2.05, 4.69) is 26.8 Å².